The number of fused-ring (bicyclic) bond motifs is 1. The fourth-order valence-corrected chi connectivity index (χ4v) is 3.29. The molecule has 7 nitrogen and oxygen atoms in total. The number of aromatic nitrogens is 4. The fourth-order valence-electron chi connectivity index (χ4n) is 2.55. The highest BCUT2D eigenvalue weighted by atomic mass is 32.1. The van der Waals surface area contributed by atoms with E-state index >= 15 is 0 Å². The molecule has 0 fully saturated rings. The summed E-state index contributed by atoms with van der Waals surface area (Å²) in [6.07, 6.45) is 0. The summed E-state index contributed by atoms with van der Waals surface area (Å²) in [5.74, 6) is 2.09. The lowest BCUT2D eigenvalue weighted by atomic mass is 10.2. The van der Waals surface area contributed by atoms with Crippen molar-refractivity contribution in [3.8, 4) is 28.6 Å². The standard InChI is InChI=1S/C18H15FN4O3S/c1-24-14-8-3-11(9-15(14)25-2)17-20-21-18-23(17)22-16(27-18)10-26-13-6-4-12(19)5-7-13/h3-9H,10H2,1-2H3. The molecule has 0 saturated carbocycles. The monoisotopic (exact) mass is 386 g/mol. The first-order valence-corrected chi connectivity index (χ1v) is 8.81. The summed E-state index contributed by atoms with van der Waals surface area (Å²) in [7, 11) is 3.16. The van der Waals surface area contributed by atoms with Crippen LogP contribution in [-0.2, 0) is 6.61 Å². The maximum absolute atomic E-state index is 13.0. The van der Waals surface area contributed by atoms with E-state index in [0.29, 0.717) is 28.0 Å². The highest BCUT2D eigenvalue weighted by Crippen LogP contribution is 2.32. The van der Waals surface area contributed by atoms with Crippen molar-refractivity contribution in [2.45, 2.75) is 6.61 Å². The third kappa shape index (κ3) is 3.41. The molecule has 0 saturated heterocycles. The summed E-state index contributed by atoms with van der Waals surface area (Å²) < 4.78 is 30.9. The van der Waals surface area contributed by atoms with E-state index in [-0.39, 0.29) is 12.4 Å². The molecule has 0 bridgehead atoms. The first-order chi connectivity index (χ1) is 13.2. The predicted molar refractivity (Wildman–Crippen MR) is 97.9 cm³/mol. The molecule has 0 radical (unpaired) electrons. The van der Waals surface area contributed by atoms with Crippen molar-refractivity contribution in [1.82, 2.24) is 19.8 Å². The zero-order valence-electron chi connectivity index (χ0n) is 14.5. The molecule has 0 N–H and O–H groups in total. The molecule has 27 heavy (non-hydrogen) atoms. The van der Waals surface area contributed by atoms with E-state index in [0.717, 1.165) is 10.6 Å². The molecule has 0 aliphatic rings. The van der Waals surface area contributed by atoms with E-state index in [1.165, 1.54) is 23.5 Å². The Bertz CT molecular complexity index is 1080. The van der Waals surface area contributed by atoms with Crippen molar-refractivity contribution < 1.29 is 18.6 Å². The maximum atomic E-state index is 13.0. The number of rotatable bonds is 6. The normalized spacial score (nSPS) is 10.9. The smallest absolute Gasteiger partial charge is 0.235 e. The molecule has 4 aromatic rings. The lowest BCUT2D eigenvalue weighted by Gasteiger charge is -2.08. The highest BCUT2D eigenvalue weighted by molar-refractivity contribution is 7.16. The summed E-state index contributed by atoms with van der Waals surface area (Å²) in [5.41, 5.74) is 0.802. The van der Waals surface area contributed by atoms with Crippen LogP contribution in [0.4, 0.5) is 4.39 Å². The Labute approximate surface area is 158 Å². The second-order valence-corrected chi connectivity index (χ2v) is 6.57. The molecule has 0 unspecified atom stereocenters. The van der Waals surface area contributed by atoms with Crippen LogP contribution < -0.4 is 14.2 Å². The van der Waals surface area contributed by atoms with Crippen molar-refractivity contribution in [1.29, 1.82) is 0 Å². The van der Waals surface area contributed by atoms with Gasteiger partial charge in [-0.15, -0.1) is 10.2 Å². The molecule has 0 atom stereocenters. The van der Waals surface area contributed by atoms with Gasteiger partial charge in [-0.3, -0.25) is 0 Å². The van der Waals surface area contributed by atoms with Crippen molar-refractivity contribution in [3.63, 3.8) is 0 Å². The van der Waals surface area contributed by atoms with Gasteiger partial charge in [0.25, 0.3) is 0 Å². The van der Waals surface area contributed by atoms with Crippen LogP contribution in [0, 0.1) is 5.82 Å². The van der Waals surface area contributed by atoms with Crippen LogP contribution in [0.2, 0.25) is 0 Å². The van der Waals surface area contributed by atoms with Gasteiger partial charge in [-0.1, -0.05) is 11.3 Å². The van der Waals surface area contributed by atoms with E-state index < -0.39 is 0 Å². The van der Waals surface area contributed by atoms with E-state index in [4.69, 9.17) is 14.2 Å². The van der Waals surface area contributed by atoms with Gasteiger partial charge in [-0.2, -0.15) is 9.61 Å². The molecular formula is C18H15FN4O3S. The largest absolute Gasteiger partial charge is 0.493 e. The molecule has 2 aromatic carbocycles. The zero-order chi connectivity index (χ0) is 18.8. The van der Waals surface area contributed by atoms with Crippen LogP contribution in [0.1, 0.15) is 5.01 Å². The van der Waals surface area contributed by atoms with Gasteiger partial charge >= 0.3 is 0 Å². The third-order valence-corrected chi connectivity index (χ3v) is 4.72. The highest BCUT2D eigenvalue weighted by Gasteiger charge is 2.15. The molecule has 4 rings (SSSR count). The Morgan fingerprint density at radius 3 is 2.52 bits per heavy atom. The minimum atomic E-state index is -0.305. The Morgan fingerprint density at radius 1 is 1.00 bits per heavy atom. The van der Waals surface area contributed by atoms with Crippen molar-refractivity contribution >= 4 is 16.3 Å². The van der Waals surface area contributed by atoms with Crippen LogP contribution in [0.3, 0.4) is 0 Å². The lowest BCUT2D eigenvalue weighted by Crippen LogP contribution is -1.98. The van der Waals surface area contributed by atoms with Crippen LogP contribution in [0.15, 0.2) is 42.5 Å². The van der Waals surface area contributed by atoms with Gasteiger partial charge in [0.2, 0.25) is 4.96 Å². The number of halogens is 1. The molecule has 9 heteroatoms. The molecule has 2 aromatic heterocycles. The van der Waals surface area contributed by atoms with Gasteiger partial charge in [-0.05, 0) is 42.5 Å². The quantitative estimate of drug-likeness (QED) is 0.504. The predicted octanol–water partition coefficient (Wildman–Crippen LogP) is 3.59. The number of ether oxygens (including phenoxy) is 3. The SMILES string of the molecule is COc1ccc(-c2nnc3sc(COc4ccc(F)cc4)nn23)cc1OC. The van der Waals surface area contributed by atoms with Crippen LogP contribution >= 0.6 is 11.3 Å². The number of benzene rings is 2. The summed E-state index contributed by atoms with van der Waals surface area (Å²) in [6, 6.07) is 11.3. The van der Waals surface area contributed by atoms with E-state index in [1.807, 2.05) is 12.1 Å². The van der Waals surface area contributed by atoms with E-state index in [2.05, 4.69) is 15.3 Å². The molecule has 138 valence electrons. The van der Waals surface area contributed by atoms with Gasteiger partial charge < -0.3 is 14.2 Å². The second-order valence-electron chi connectivity index (χ2n) is 5.53. The number of nitrogens with zero attached hydrogens (tertiary/aromatic N) is 4. The Balaban J connectivity index is 1.59. The Morgan fingerprint density at radius 2 is 1.78 bits per heavy atom. The van der Waals surface area contributed by atoms with Crippen LogP contribution in [0.5, 0.6) is 17.2 Å². The number of methoxy groups -OCH3 is 2. The van der Waals surface area contributed by atoms with E-state index in [1.54, 1.807) is 36.9 Å². The molecular weight excluding hydrogens is 371 g/mol. The first-order valence-electron chi connectivity index (χ1n) is 8.00. The zero-order valence-corrected chi connectivity index (χ0v) is 15.4. The second kappa shape index (κ2) is 7.20. The summed E-state index contributed by atoms with van der Waals surface area (Å²) in [5, 5.41) is 13.6. The average molecular weight is 386 g/mol. The molecule has 0 aliphatic heterocycles. The fraction of sp³-hybridized carbons (Fsp3) is 0.167. The number of hydrogen-bond acceptors (Lipinski definition) is 7. The maximum Gasteiger partial charge on any atom is 0.235 e. The summed E-state index contributed by atoms with van der Waals surface area (Å²) in [6.45, 7) is 0.255. The molecule has 2 heterocycles. The van der Waals surface area contributed by atoms with Gasteiger partial charge in [0.15, 0.2) is 22.3 Å². The van der Waals surface area contributed by atoms with E-state index in [9.17, 15) is 4.39 Å². The van der Waals surface area contributed by atoms with Gasteiger partial charge in [-0.25, -0.2) is 4.39 Å². The lowest BCUT2D eigenvalue weighted by molar-refractivity contribution is 0.303. The molecule has 0 aliphatic carbocycles. The minimum Gasteiger partial charge on any atom is -0.493 e. The third-order valence-electron chi connectivity index (χ3n) is 3.85. The minimum absolute atomic E-state index is 0.255. The average Bonchev–Trinajstić information content (AvgIpc) is 3.27. The van der Waals surface area contributed by atoms with Crippen molar-refractivity contribution in [2.75, 3.05) is 14.2 Å². The van der Waals surface area contributed by atoms with Crippen molar-refractivity contribution in [3.05, 3.63) is 53.3 Å². The summed E-state index contributed by atoms with van der Waals surface area (Å²) in [4.78, 5) is 0.650. The van der Waals surface area contributed by atoms with Crippen molar-refractivity contribution in [2.24, 2.45) is 0 Å². The van der Waals surface area contributed by atoms with Crippen LogP contribution in [-0.4, -0.2) is 34.0 Å². The van der Waals surface area contributed by atoms with Gasteiger partial charge in [0.05, 0.1) is 14.2 Å². The summed E-state index contributed by atoms with van der Waals surface area (Å²) >= 11 is 1.38. The first kappa shape index (κ1) is 17.2. The van der Waals surface area contributed by atoms with Crippen LogP contribution in [0.25, 0.3) is 16.3 Å². The van der Waals surface area contributed by atoms with Gasteiger partial charge in [0, 0.05) is 5.56 Å². The number of hydrogen-bond donors (Lipinski definition) is 0. The Kier molecular flexibility index (Phi) is 4.59. The molecule has 0 spiro atoms. The Hall–Kier alpha value is -3.20. The molecule has 0 amide bonds. The van der Waals surface area contributed by atoms with Gasteiger partial charge in [0.1, 0.15) is 18.2 Å². The topological polar surface area (TPSA) is 70.8 Å².